The van der Waals surface area contributed by atoms with Crippen LogP contribution < -0.4 is 10.1 Å². The van der Waals surface area contributed by atoms with Crippen LogP contribution in [0.2, 0.25) is 0 Å². The van der Waals surface area contributed by atoms with Gasteiger partial charge in [-0.3, -0.25) is 4.79 Å². The summed E-state index contributed by atoms with van der Waals surface area (Å²) in [5.74, 6) is 0.450. The van der Waals surface area contributed by atoms with E-state index in [2.05, 4.69) is 11.4 Å². The molecule has 0 spiro atoms. The summed E-state index contributed by atoms with van der Waals surface area (Å²) in [6.45, 7) is 0.291. The first-order chi connectivity index (χ1) is 12.3. The smallest absolute Gasteiger partial charge is 0.255 e. The van der Waals surface area contributed by atoms with Gasteiger partial charge in [-0.1, -0.05) is 42.5 Å². The number of carbonyl (C=O) groups is 1. The Balaban J connectivity index is 1.68. The number of nitriles is 1. The maximum Gasteiger partial charge on any atom is 0.255 e. The lowest BCUT2D eigenvalue weighted by molar-refractivity contribution is 0.102. The topological polar surface area (TPSA) is 62.1 Å². The quantitative estimate of drug-likeness (QED) is 0.755. The summed E-state index contributed by atoms with van der Waals surface area (Å²) in [5, 5.41) is 12.0. The van der Waals surface area contributed by atoms with Gasteiger partial charge < -0.3 is 10.1 Å². The number of ether oxygens (including phenoxy) is 1. The lowest BCUT2D eigenvalue weighted by Crippen LogP contribution is -2.11. The number of rotatable bonds is 5. The van der Waals surface area contributed by atoms with E-state index in [0.717, 1.165) is 5.56 Å². The summed E-state index contributed by atoms with van der Waals surface area (Å²) in [4.78, 5) is 12.2. The molecule has 0 saturated heterocycles. The van der Waals surface area contributed by atoms with Gasteiger partial charge in [-0.15, -0.1) is 0 Å². The molecule has 4 heteroatoms. The van der Waals surface area contributed by atoms with Crippen molar-refractivity contribution in [2.75, 3.05) is 5.32 Å². The predicted octanol–water partition coefficient (Wildman–Crippen LogP) is 4.39. The van der Waals surface area contributed by atoms with E-state index in [4.69, 9.17) is 10.00 Å². The molecular formula is C21H16N2O2. The SMILES string of the molecule is N#Cc1ccccc1COc1cccc(NC(=O)c2ccccc2)c1. The van der Waals surface area contributed by atoms with Gasteiger partial charge in [-0.25, -0.2) is 0 Å². The van der Waals surface area contributed by atoms with E-state index in [0.29, 0.717) is 29.2 Å². The second kappa shape index (κ2) is 7.80. The maximum absolute atomic E-state index is 12.2. The third-order valence-electron chi connectivity index (χ3n) is 3.66. The second-order valence-corrected chi connectivity index (χ2v) is 5.41. The fourth-order valence-electron chi connectivity index (χ4n) is 2.37. The lowest BCUT2D eigenvalue weighted by Gasteiger charge is -2.10. The third-order valence-corrected chi connectivity index (χ3v) is 3.66. The molecule has 122 valence electrons. The van der Waals surface area contributed by atoms with Crippen LogP contribution in [0.15, 0.2) is 78.9 Å². The third kappa shape index (κ3) is 4.24. The van der Waals surface area contributed by atoms with Crippen LogP contribution in [0.4, 0.5) is 5.69 Å². The van der Waals surface area contributed by atoms with E-state index in [1.54, 1.807) is 30.3 Å². The highest BCUT2D eigenvalue weighted by Crippen LogP contribution is 2.20. The zero-order valence-electron chi connectivity index (χ0n) is 13.5. The molecule has 0 aromatic heterocycles. The Morgan fingerprint density at radius 1 is 0.960 bits per heavy atom. The molecule has 4 nitrogen and oxygen atoms in total. The van der Waals surface area contributed by atoms with Crippen molar-refractivity contribution >= 4 is 11.6 Å². The van der Waals surface area contributed by atoms with Crippen LogP contribution in [0.1, 0.15) is 21.5 Å². The molecule has 0 fully saturated rings. The Kier molecular flexibility index (Phi) is 5.08. The van der Waals surface area contributed by atoms with Crippen molar-refractivity contribution in [2.45, 2.75) is 6.61 Å². The van der Waals surface area contributed by atoms with Crippen LogP contribution in [0, 0.1) is 11.3 Å². The zero-order chi connectivity index (χ0) is 17.5. The highest BCUT2D eigenvalue weighted by Gasteiger charge is 2.06. The van der Waals surface area contributed by atoms with E-state index in [-0.39, 0.29) is 5.91 Å². The van der Waals surface area contributed by atoms with Gasteiger partial charge in [-0.05, 0) is 30.3 Å². The molecule has 0 aliphatic carbocycles. The van der Waals surface area contributed by atoms with Gasteiger partial charge in [0.05, 0.1) is 11.6 Å². The number of hydrogen-bond donors (Lipinski definition) is 1. The van der Waals surface area contributed by atoms with Gasteiger partial charge >= 0.3 is 0 Å². The number of anilines is 1. The van der Waals surface area contributed by atoms with Crippen molar-refractivity contribution in [2.24, 2.45) is 0 Å². The van der Waals surface area contributed by atoms with Crippen LogP contribution in [-0.4, -0.2) is 5.91 Å². The standard InChI is InChI=1S/C21H16N2O2/c22-14-17-9-4-5-10-18(17)15-25-20-12-6-11-19(13-20)23-21(24)16-7-2-1-3-8-16/h1-13H,15H2,(H,23,24). The normalized spacial score (nSPS) is 9.88. The van der Waals surface area contributed by atoms with Crippen LogP contribution in [-0.2, 0) is 6.61 Å². The predicted molar refractivity (Wildman–Crippen MR) is 96.3 cm³/mol. The fourth-order valence-corrected chi connectivity index (χ4v) is 2.37. The van der Waals surface area contributed by atoms with E-state index >= 15 is 0 Å². The van der Waals surface area contributed by atoms with E-state index in [9.17, 15) is 4.79 Å². The minimum Gasteiger partial charge on any atom is -0.489 e. The molecule has 0 aliphatic heterocycles. The number of nitrogens with one attached hydrogen (secondary N) is 1. The summed E-state index contributed by atoms with van der Waals surface area (Å²) >= 11 is 0. The van der Waals surface area contributed by atoms with Gasteiger partial charge in [0, 0.05) is 22.9 Å². The molecule has 0 unspecified atom stereocenters. The van der Waals surface area contributed by atoms with Crippen LogP contribution in [0.25, 0.3) is 0 Å². The minimum atomic E-state index is -0.174. The Morgan fingerprint density at radius 3 is 2.52 bits per heavy atom. The molecule has 0 radical (unpaired) electrons. The number of nitrogens with zero attached hydrogens (tertiary/aromatic N) is 1. The second-order valence-electron chi connectivity index (χ2n) is 5.41. The first kappa shape index (κ1) is 16.3. The first-order valence-electron chi connectivity index (χ1n) is 7.83. The first-order valence-corrected chi connectivity index (χ1v) is 7.83. The van der Waals surface area contributed by atoms with E-state index in [1.165, 1.54) is 0 Å². The molecular weight excluding hydrogens is 312 g/mol. The Hall–Kier alpha value is -3.58. The summed E-state index contributed by atoms with van der Waals surface area (Å²) < 4.78 is 5.76. The molecule has 3 rings (SSSR count). The number of benzene rings is 3. The van der Waals surface area contributed by atoms with Crippen LogP contribution in [0.5, 0.6) is 5.75 Å². The van der Waals surface area contributed by atoms with Gasteiger partial charge in [0.2, 0.25) is 0 Å². The Bertz CT molecular complexity index is 914. The molecule has 0 bridgehead atoms. The van der Waals surface area contributed by atoms with Gasteiger partial charge in [0.15, 0.2) is 0 Å². The molecule has 0 atom stereocenters. The monoisotopic (exact) mass is 328 g/mol. The number of hydrogen-bond acceptors (Lipinski definition) is 3. The highest BCUT2D eigenvalue weighted by atomic mass is 16.5. The van der Waals surface area contributed by atoms with Gasteiger partial charge in [-0.2, -0.15) is 5.26 Å². The summed E-state index contributed by atoms with van der Waals surface area (Å²) in [5.41, 5.74) is 2.66. The summed E-state index contributed by atoms with van der Waals surface area (Å²) in [6.07, 6.45) is 0. The van der Waals surface area contributed by atoms with Crippen LogP contribution >= 0.6 is 0 Å². The van der Waals surface area contributed by atoms with Crippen molar-refractivity contribution in [3.63, 3.8) is 0 Å². The zero-order valence-corrected chi connectivity index (χ0v) is 13.5. The molecule has 3 aromatic carbocycles. The van der Waals surface area contributed by atoms with Gasteiger partial charge in [0.1, 0.15) is 12.4 Å². The molecule has 1 N–H and O–H groups in total. The average Bonchev–Trinajstić information content (AvgIpc) is 2.67. The largest absolute Gasteiger partial charge is 0.489 e. The summed E-state index contributed by atoms with van der Waals surface area (Å²) in [7, 11) is 0. The molecule has 0 saturated carbocycles. The van der Waals surface area contributed by atoms with Crippen molar-refractivity contribution in [3.05, 3.63) is 95.6 Å². The Labute approximate surface area is 146 Å². The van der Waals surface area contributed by atoms with Crippen molar-refractivity contribution in [3.8, 4) is 11.8 Å². The molecule has 25 heavy (non-hydrogen) atoms. The summed E-state index contributed by atoms with van der Waals surface area (Å²) in [6, 6.07) is 25.7. The lowest BCUT2D eigenvalue weighted by atomic mass is 10.1. The van der Waals surface area contributed by atoms with Gasteiger partial charge in [0.25, 0.3) is 5.91 Å². The maximum atomic E-state index is 12.2. The number of carbonyl (C=O) groups excluding carboxylic acids is 1. The van der Waals surface area contributed by atoms with Crippen molar-refractivity contribution in [1.29, 1.82) is 5.26 Å². The molecule has 0 heterocycles. The van der Waals surface area contributed by atoms with E-state index < -0.39 is 0 Å². The molecule has 3 aromatic rings. The van der Waals surface area contributed by atoms with Crippen LogP contribution in [0.3, 0.4) is 0 Å². The Morgan fingerprint density at radius 2 is 1.72 bits per heavy atom. The average molecular weight is 328 g/mol. The van der Waals surface area contributed by atoms with E-state index in [1.807, 2.05) is 48.5 Å². The fraction of sp³-hybridized carbons (Fsp3) is 0.0476. The number of amides is 1. The molecule has 1 amide bonds. The molecule has 0 aliphatic rings. The minimum absolute atomic E-state index is 0.174. The highest BCUT2D eigenvalue weighted by molar-refractivity contribution is 6.04. The van der Waals surface area contributed by atoms with Crippen molar-refractivity contribution in [1.82, 2.24) is 0 Å². The van der Waals surface area contributed by atoms with Crippen molar-refractivity contribution < 1.29 is 9.53 Å².